The molecule has 2 atom stereocenters. The van der Waals surface area contributed by atoms with Crippen molar-refractivity contribution < 1.29 is 9.53 Å². The Balaban J connectivity index is 1.87. The summed E-state index contributed by atoms with van der Waals surface area (Å²) >= 11 is 0. The summed E-state index contributed by atoms with van der Waals surface area (Å²) in [5, 5.41) is 3.63. The van der Waals surface area contributed by atoms with Crippen molar-refractivity contribution in [1.29, 1.82) is 0 Å². The average Bonchev–Trinajstić information content (AvgIpc) is 2.53. The molecule has 0 unspecified atom stereocenters. The highest BCUT2D eigenvalue weighted by Gasteiger charge is 2.38. The van der Waals surface area contributed by atoms with E-state index in [-0.39, 0.29) is 17.9 Å². The lowest BCUT2D eigenvalue weighted by Gasteiger charge is -2.39. The Morgan fingerprint density at radius 3 is 2.70 bits per heavy atom. The van der Waals surface area contributed by atoms with E-state index in [9.17, 15) is 4.79 Å². The van der Waals surface area contributed by atoms with Gasteiger partial charge in [-0.2, -0.15) is 0 Å². The summed E-state index contributed by atoms with van der Waals surface area (Å²) in [5.74, 6) is 0.488. The van der Waals surface area contributed by atoms with Crippen LogP contribution in [0.25, 0.3) is 0 Å². The second-order valence-electron chi connectivity index (χ2n) is 6.06. The molecule has 0 bridgehead atoms. The van der Waals surface area contributed by atoms with Gasteiger partial charge in [-0.05, 0) is 36.8 Å². The van der Waals surface area contributed by atoms with Crippen LogP contribution in [0.3, 0.4) is 0 Å². The Bertz CT molecular complexity index is 480. The topological polar surface area (TPSA) is 38.3 Å². The number of para-hydroxylation sites is 1. The molecule has 0 saturated heterocycles. The minimum Gasteiger partial charge on any atom is -0.469 e. The molecule has 108 valence electrons. The zero-order valence-electron chi connectivity index (χ0n) is 12.1. The van der Waals surface area contributed by atoms with Crippen molar-refractivity contribution in [1.82, 2.24) is 0 Å². The number of rotatable bonds is 2. The average molecular weight is 273 g/mol. The first-order chi connectivity index (χ1) is 9.79. The van der Waals surface area contributed by atoms with Gasteiger partial charge < -0.3 is 10.1 Å². The van der Waals surface area contributed by atoms with Crippen molar-refractivity contribution in [2.75, 3.05) is 12.4 Å². The van der Waals surface area contributed by atoms with Crippen molar-refractivity contribution in [3.8, 4) is 0 Å². The fourth-order valence-corrected chi connectivity index (χ4v) is 3.80. The molecule has 1 aliphatic carbocycles. The SMILES string of the molecule is COC(=O)[C@H]1Cc2ccccc2N[C@H]1C1CCCCC1. The first-order valence-corrected chi connectivity index (χ1v) is 7.72. The maximum absolute atomic E-state index is 12.2. The van der Waals surface area contributed by atoms with E-state index in [1.165, 1.54) is 50.5 Å². The van der Waals surface area contributed by atoms with Crippen LogP contribution in [-0.4, -0.2) is 19.1 Å². The third-order valence-electron chi connectivity index (χ3n) is 4.87. The second-order valence-corrected chi connectivity index (χ2v) is 6.06. The van der Waals surface area contributed by atoms with E-state index in [0.717, 1.165) is 6.42 Å². The Morgan fingerprint density at radius 2 is 1.95 bits per heavy atom. The van der Waals surface area contributed by atoms with Gasteiger partial charge in [0, 0.05) is 11.7 Å². The van der Waals surface area contributed by atoms with Crippen molar-refractivity contribution in [2.45, 2.75) is 44.6 Å². The molecule has 20 heavy (non-hydrogen) atoms. The maximum Gasteiger partial charge on any atom is 0.311 e. The molecule has 0 radical (unpaired) electrons. The number of anilines is 1. The molecule has 1 saturated carbocycles. The van der Waals surface area contributed by atoms with Crippen molar-refractivity contribution >= 4 is 11.7 Å². The number of hydrogen-bond acceptors (Lipinski definition) is 3. The van der Waals surface area contributed by atoms with Gasteiger partial charge in [0.05, 0.1) is 13.0 Å². The number of carbonyl (C=O) groups excluding carboxylic acids is 1. The molecule has 3 heteroatoms. The quantitative estimate of drug-likeness (QED) is 0.839. The number of esters is 1. The van der Waals surface area contributed by atoms with E-state index in [0.29, 0.717) is 5.92 Å². The largest absolute Gasteiger partial charge is 0.469 e. The van der Waals surface area contributed by atoms with Gasteiger partial charge in [0.25, 0.3) is 0 Å². The van der Waals surface area contributed by atoms with Gasteiger partial charge in [0.15, 0.2) is 0 Å². The van der Waals surface area contributed by atoms with E-state index in [4.69, 9.17) is 4.74 Å². The normalized spacial score (nSPS) is 26.4. The summed E-state index contributed by atoms with van der Waals surface area (Å²) in [6, 6.07) is 8.56. The van der Waals surface area contributed by atoms with E-state index in [1.807, 2.05) is 6.07 Å². The maximum atomic E-state index is 12.2. The summed E-state index contributed by atoms with van der Waals surface area (Å²) in [6.45, 7) is 0. The first-order valence-electron chi connectivity index (χ1n) is 7.72. The van der Waals surface area contributed by atoms with E-state index in [2.05, 4.69) is 23.5 Å². The Hall–Kier alpha value is -1.51. The minimum atomic E-state index is -0.0671. The Kier molecular flexibility index (Phi) is 3.95. The highest BCUT2D eigenvalue weighted by molar-refractivity contribution is 5.76. The molecule has 1 aromatic rings. The van der Waals surface area contributed by atoms with E-state index >= 15 is 0 Å². The molecular formula is C17H23NO2. The zero-order valence-corrected chi connectivity index (χ0v) is 12.1. The summed E-state index contributed by atoms with van der Waals surface area (Å²) in [5.41, 5.74) is 2.43. The van der Waals surface area contributed by atoms with Crippen molar-refractivity contribution in [3.63, 3.8) is 0 Å². The molecule has 0 amide bonds. The van der Waals surface area contributed by atoms with Crippen LogP contribution in [0.4, 0.5) is 5.69 Å². The third-order valence-corrected chi connectivity index (χ3v) is 4.87. The van der Waals surface area contributed by atoms with Gasteiger partial charge in [0.2, 0.25) is 0 Å². The molecule has 0 aromatic heterocycles. The highest BCUT2D eigenvalue weighted by Crippen LogP contribution is 2.37. The van der Waals surface area contributed by atoms with Crippen LogP contribution < -0.4 is 5.32 Å². The molecule has 2 aliphatic rings. The van der Waals surface area contributed by atoms with Crippen LogP contribution in [0.1, 0.15) is 37.7 Å². The lowest BCUT2D eigenvalue weighted by Crippen LogP contribution is -2.45. The van der Waals surface area contributed by atoms with Crippen LogP contribution in [0.15, 0.2) is 24.3 Å². The molecule has 1 N–H and O–H groups in total. The monoisotopic (exact) mass is 273 g/mol. The number of ether oxygens (including phenoxy) is 1. The number of nitrogens with one attached hydrogen (secondary N) is 1. The Labute approximate surface area is 120 Å². The summed E-state index contributed by atoms with van der Waals surface area (Å²) < 4.78 is 5.05. The van der Waals surface area contributed by atoms with Crippen LogP contribution >= 0.6 is 0 Å². The Morgan fingerprint density at radius 1 is 1.20 bits per heavy atom. The van der Waals surface area contributed by atoms with E-state index in [1.54, 1.807) is 0 Å². The zero-order chi connectivity index (χ0) is 13.9. The fraction of sp³-hybridized carbons (Fsp3) is 0.588. The number of carbonyl (C=O) groups is 1. The van der Waals surface area contributed by atoms with Crippen LogP contribution in [0.5, 0.6) is 0 Å². The van der Waals surface area contributed by atoms with Gasteiger partial charge in [-0.15, -0.1) is 0 Å². The molecule has 3 nitrogen and oxygen atoms in total. The van der Waals surface area contributed by atoms with Crippen LogP contribution in [-0.2, 0) is 16.0 Å². The first kappa shape index (κ1) is 13.5. The van der Waals surface area contributed by atoms with Crippen LogP contribution in [0.2, 0.25) is 0 Å². The lowest BCUT2D eigenvalue weighted by atomic mass is 9.75. The van der Waals surface area contributed by atoms with Crippen molar-refractivity contribution in [2.24, 2.45) is 11.8 Å². The predicted molar refractivity (Wildman–Crippen MR) is 79.6 cm³/mol. The minimum absolute atomic E-state index is 0.0435. The number of benzene rings is 1. The molecule has 0 spiro atoms. The highest BCUT2D eigenvalue weighted by atomic mass is 16.5. The lowest BCUT2D eigenvalue weighted by molar-refractivity contribution is -0.146. The van der Waals surface area contributed by atoms with Gasteiger partial charge in [-0.1, -0.05) is 37.5 Å². The van der Waals surface area contributed by atoms with Gasteiger partial charge in [0.1, 0.15) is 0 Å². The number of hydrogen-bond donors (Lipinski definition) is 1. The number of fused-ring (bicyclic) bond motifs is 1. The fourth-order valence-electron chi connectivity index (χ4n) is 3.80. The van der Waals surface area contributed by atoms with Crippen LogP contribution in [0, 0.1) is 11.8 Å². The van der Waals surface area contributed by atoms with Crippen molar-refractivity contribution in [3.05, 3.63) is 29.8 Å². The second kappa shape index (κ2) is 5.86. The molecular weight excluding hydrogens is 250 g/mol. The summed E-state index contributed by atoms with van der Waals surface area (Å²) in [6.07, 6.45) is 7.18. The standard InChI is InChI=1S/C17H23NO2/c1-20-17(19)14-11-13-9-5-6-10-15(13)18-16(14)12-7-3-2-4-8-12/h5-6,9-10,12,14,16,18H,2-4,7-8,11H2,1H3/t14-,16-/m0/s1. The number of methoxy groups -OCH3 is 1. The van der Waals surface area contributed by atoms with E-state index < -0.39 is 0 Å². The third kappa shape index (κ3) is 2.54. The summed E-state index contributed by atoms with van der Waals surface area (Å²) in [4.78, 5) is 12.2. The van der Waals surface area contributed by atoms with Gasteiger partial charge >= 0.3 is 5.97 Å². The molecule has 1 aromatic carbocycles. The predicted octanol–water partition coefficient (Wildman–Crippen LogP) is 3.39. The van der Waals surface area contributed by atoms with Gasteiger partial charge in [-0.3, -0.25) is 4.79 Å². The van der Waals surface area contributed by atoms with Gasteiger partial charge in [-0.25, -0.2) is 0 Å². The molecule has 1 fully saturated rings. The summed E-state index contributed by atoms with van der Waals surface area (Å²) in [7, 11) is 1.50. The molecule has 3 rings (SSSR count). The molecule has 1 heterocycles. The molecule has 1 aliphatic heterocycles. The smallest absolute Gasteiger partial charge is 0.311 e.